The number of aliphatic hydroxyl groups excluding tert-OH is 2. The van der Waals surface area contributed by atoms with Crippen molar-refractivity contribution < 1.29 is 10.2 Å². The summed E-state index contributed by atoms with van der Waals surface area (Å²) < 4.78 is 0. The Morgan fingerprint density at radius 1 is 1.18 bits per heavy atom. The van der Waals surface area contributed by atoms with Gasteiger partial charge in [0.15, 0.2) is 0 Å². The second kappa shape index (κ2) is 14.0. The van der Waals surface area contributed by atoms with Crippen LogP contribution < -0.4 is 0 Å². The van der Waals surface area contributed by atoms with Crippen molar-refractivity contribution in [1.82, 2.24) is 4.98 Å². The minimum Gasteiger partial charge on any atom is -0.388 e. The SMILES string of the molecule is C=C/C=C(\C=C/CC(O)c1c(C(C)C)nc2c(c1C)C(O)CC(C)(C)C2)C(C)(C)C.CC.CC. The normalized spacial score (nSPS) is 18.4. The Labute approximate surface area is 211 Å². The molecule has 0 aliphatic heterocycles. The standard InChI is InChI=1S/C27H41NO2.2C2H6/c1-10-12-19(26(5,6)7)13-11-14-21(29)24-18(4)23-20(28-25(24)17(2)3)15-27(8,9)16-22(23)30;2*1-2/h10-13,17,21-22,29-30H,1,14-16H2,2-9H3;2*1-2H3/b13-11-,19-12+;;. The molecule has 0 saturated heterocycles. The third kappa shape index (κ3) is 8.50. The molecular formula is C31H53NO2. The number of allylic oxidation sites excluding steroid dienone is 4. The van der Waals surface area contributed by atoms with Crippen LogP contribution in [0.15, 0.2) is 36.5 Å². The Balaban J connectivity index is 0.00000258. The second-order valence-corrected chi connectivity index (χ2v) is 10.9. The lowest BCUT2D eigenvalue weighted by atomic mass is 9.72. The number of fused-ring (bicyclic) bond motifs is 1. The van der Waals surface area contributed by atoms with Gasteiger partial charge in [-0.1, -0.05) is 107 Å². The summed E-state index contributed by atoms with van der Waals surface area (Å²) in [7, 11) is 0. The van der Waals surface area contributed by atoms with Gasteiger partial charge >= 0.3 is 0 Å². The Morgan fingerprint density at radius 2 is 1.74 bits per heavy atom. The number of hydrogen-bond acceptors (Lipinski definition) is 3. The van der Waals surface area contributed by atoms with Crippen molar-refractivity contribution in [3.05, 3.63) is 64.5 Å². The lowest BCUT2D eigenvalue weighted by molar-refractivity contribution is 0.0965. The topological polar surface area (TPSA) is 53.4 Å². The van der Waals surface area contributed by atoms with Crippen molar-refractivity contribution in [2.75, 3.05) is 0 Å². The zero-order valence-electron chi connectivity index (χ0n) is 24.2. The van der Waals surface area contributed by atoms with Crippen molar-refractivity contribution >= 4 is 0 Å². The summed E-state index contributed by atoms with van der Waals surface area (Å²) in [6.45, 7) is 29.0. The predicted molar refractivity (Wildman–Crippen MR) is 149 cm³/mol. The van der Waals surface area contributed by atoms with E-state index >= 15 is 0 Å². The van der Waals surface area contributed by atoms with Crippen LogP contribution in [0.25, 0.3) is 0 Å². The molecule has 2 rings (SSSR count). The second-order valence-electron chi connectivity index (χ2n) is 10.9. The maximum atomic E-state index is 11.2. The molecule has 1 aromatic rings. The maximum Gasteiger partial charge on any atom is 0.0844 e. The maximum absolute atomic E-state index is 11.2. The molecule has 0 amide bonds. The molecule has 3 nitrogen and oxygen atoms in total. The highest BCUT2D eigenvalue weighted by atomic mass is 16.3. The van der Waals surface area contributed by atoms with Gasteiger partial charge in [0.1, 0.15) is 0 Å². The van der Waals surface area contributed by atoms with Gasteiger partial charge in [-0.15, -0.1) is 0 Å². The average molecular weight is 472 g/mol. The first-order chi connectivity index (χ1) is 15.8. The third-order valence-electron chi connectivity index (χ3n) is 6.08. The summed E-state index contributed by atoms with van der Waals surface area (Å²) in [6, 6.07) is 0. The van der Waals surface area contributed by atoms with Crippen LogP contribution in [0.4, 0.5) is 0 Å². The molecule has 0 spiro atoms. The van der Waals surface area contributed by atoms with Crippen LogP contribution >= 0.6 is 0 Å². The van der Waals surface area contributed by atoms with Gasteiger partial charge in [0.25, 0.3) is 0 Å². The molecule has 1 aliphatic carbocycles. The summed E-state index contributed by atoms with van der Waals surface area (Å²) in [5.41, 5.74) is 5.99. The molecule has 0 bridgehead atoms. The minimum absolute atomic E-state index is 0.0128. The molecule has 1 aromatic heterocycles. The van der Waals surface area contributed by atoms with Crippen molar-refractivity contribution in [3.63, 3.8) is 0 Å². The Morgan fingerprint density at radius 3 is 2.21 bits per heavy atom. The number of nitrogens with zero attached hydrogens (tertiary/aromatic N) is 1. The highest BCUT2D eigenvalue weighted by Crippen LogP contribution is 2.44. The van der Waals surface area contributed by atoms with Gasteiger partial charge < -0.3 is 10.2 Å². The van der Waals surface area contributed by atoms with Gasteiger partial charge in [-0.2, -0.15) is 0 Å². The molecular weight excluding hydrogens is 418 g/mol. The molecule has 0 fully saturated rings. The summed E-state index contributed by atoms with van der Waals surface area (Å²) in [6.07, 6.45) is 8.85. The molecule has 34 heavy (non-hydrogen) atoms. The molecule has 2 atom stereocenters. The Hall–Kier alpha value is -1.71. The third-order valence-corrected chi connectivity index (χ3v) is 6.08. The van der Waals surface area contributed by atoms with E-state index in [1.54, 1.807) is 6.08 Å². The molecule has 1 heterocycles. The summed E-state index contributed by atoms with van der Waals surface area (Å²) in [5.74, 6) is 0.204. The first kappa shape index (κ1) is 32.3. The van der Waals surface area contributed by atoms with Gasteiger partial charge in [0, 0.05) is 22.5 Å². The number of pyridine rings is 1. The van der Waals surface area contributed by atoms with E-state index in [1.807, 2.05) is 46.8 Å². The number of rotatable bonds is 6. The van der Waals surface area contributed by atoms with Crippen LogP contribution in [0.5, 0.6) is 0 Å². The van der Waals surface area contributed by atoms with Crippen LogP contribution in [-0.2, 0) is 6.42 Å². The van der Waals surface area contributed by atoms with Crippen molar-refractivity contribution in [2.24, 2.45) is 10.8 Å². The highest BCUT2D eigenvalue weighted by Gasteiger charge is 2.35. The average Bonchev–Trinajstić information content (AvgIpc) is 2.73. The molecule has 3 heteroatoms. The first-order valence-corrected chi connectivity index (χ1v) is 13.2. The molecule has 2 N–H and O–H groups in total. The van der Waals surface area contributed by atoms with Crippen LogP contribution in [0.2, 0.25) is 0 Å². The molecule has 194 valence electrons. The van der Waals surface area contributed by atoms with E-state index in [0.29, 0.717) is 6.42 Å². The first-order valence-electron chi connectivity index (χ1n) is 13.2. The van der Waals surface area contributed by atoms with Crippen LogP contribution in [0.1, 0.15) is 135 Å². The van der Waals surface area contributed by atoms with Gasteiger partial charge in [-0.25, -0.2) is 0 Å². The monoisotopic (exact) mass is 471 g/mol. The van der Waals surface area contributed by atoms with Gasteiger partial charge in [0.05, 0.1) is 12.2 Å². The quantitative estimate of drug-likeness (QED) is 0.408. The van der Waals surface area contributed by atoms with Gasteiger partial charge in [-0.3, -0.25) is 4.98 Å². The number of aliphatic hydroxyl groups is 2. The largest absolute Gasteiger partial charge is 0.388 e. The summed E-state index contributed by atoms with van der Waals surface area (Å²) in [5, 5.41) is 22.0. The molecule has 1 aliphatic rings. The molecule has 2 unspecified atom stereocenters. The fourth-order valence-electron chi connectivity index (χ4n) is 4.53. The number of hydrogen-bond donors (Lipinski definition) is 2. The number of aromatic nitrogens is 1. The summed E-state index contributed by atoms with van der Waals surface area (Å²) >= 11 is 0. The van der Waals surface area contributed by atoms with Gasteiger partial charge in [0.2, 0.25) is 0 Å². The van der Waals surface area contributed by atoms with Crippen LogP contribution in [0.3, 0.4) is 0 Å². The van der Waals surface area contributed by atoms with E-state index in [-0.39, 0.29) is 16.7 Å². The predicted octanol–water partition coefficient (Wildman–Crippen LogP) is 8.71. The fourth-order valence-corrected chi connectivity index (χ4v) is 4.53. The molecule has 0 radical (unpaired) electrons. The van der Waals surface area contributed by atoms with E-state index in [9.17, 15) is 10.2 Å². The van der Waals surface area contributed by atoms with Crippen molar-refractivity contribution in [1.29, 1.82) is 0 Å². The van der Waals surface area contributed by atoms with Crippen molar-refractivity contribution in [3.8, 4) is 0 Å². The van der Waals surface area contributed by atoms with E-state index in [1.165, 1.54) is 5.57 Å². The van der Waals surface area contributed by atoms with Crippen LogP contribution in [-0.4, -0.2) is 15.2 Å². The minimum atomic E-state index is -0.650. The Bertz CT molecular complexity index is 838. The van der Waals surface area contributed by atoms with E-state index in [4.69, 9.17) is 4.98 Å². The lowest BCUT2D eigenvalue weighted by Crippen LogP contribution is -2.29. The van der Waals surface area contributed by atoms with E-state index in [2.05, 4.69) is 61.1 Å². The molecule has 0 aromatic carbocycles. The van der Waals surface area contributed by atoms with Gasteiger partial charge in [-0.05, 0) is 54.1 Å². The molecule has 0 saturated carbocycles. The highest BCUT2D eigenvalue weighted by molar-refractivity contribution is 5.45. The summed E-state index contributed by atoms with van der Waals surface area (Å²) in [4.78, 5) is 4.98. The van der Waals surface area contributed by atoms with E-state index < -0.39 is 12.2 Å². The van der Waals surface area contributed by atoms with Crippen molar-refractivity contribution in [2.45, 2.75) is 120 Å². The zero-order chi connectivity index (χ0) is 26.9. The smallest absolute Gasteiger partial charge is 0.0844 e. The zero-order valence-corrected chi connectivity index (χ0v) is 24.2. The fraction of sp³-hybridized carbons (Fsp3) is 0.645. The van der Waals surface area contributed by atoms with Crippen LogP contribution in [0, 0.1) is 17.8 Å². The lowest BCUT2D eigenvalue weighted by Gasteiger charge is -2.36. The Kier molecular flexibility index (Phi) is 13.3. The van der Waals surface area contributed by atoms with E-state index in [0.717, 1.165) is 40.9 Å².